The number of para-hydroxylation sites is 1. The molecule has 132 valence electrons. The Balaban J connectivity index is 2.04. The molecule has 4 aromatic rings. The first-order valence-electron chi connectivity index (χ1n) is 9.36. The first-order valence-corrected chi connectivity index (χ1v) is 9.36. The van der Waals surface area contributed by atoms with Crippen molar-refractivity contribution in [2.45, 2.75) is 34.1 Å². The van der Waals surface area contributed by atoms with Gasteiger partial charge in [-0.3, -0.25) is 0 Å². The van der Waals surface area contributed by atoms with Gasteiger partial charge in [0, 0.05) is 22.9 Å². The third-order valence-corrected chi connectivity index (χ3v) is 5.19. The summed E-state index contributed by atoms with van der Waals surface area (Å²) in [5.41, 5.74) is 8.19. The molecule has 2 nitrogen and oxygen atoms in total. The number of aromatic nitrogens is 1. The average molecular weight is 344 g/mol. The van der Waals surface area contributed by atoms with Crippen LogP contribution in [0.2, 0.25) is 0 Å². The van der Waals surface area contributed by atoms with Crippen LogP contribution in [-0.2, 0) is 13.5 Å². The largest absolute Gasteiger partial charge is 0.455 e. The van der Waals surface area contributed by atoms with Crippen LogP contribution in [0.15, 0.2) is 53.1 Å². The minimum Gasteiger partial charge on any atom is -0.455 e. The number of benzene rings is 2. The van der Waals surface area contributed by atoms with Crippen molar-refractivity contribution in [3.8, 4) is 11.3 Å². The predicted molar refractivity (Wildman–Crippen MR) is 108 cm³/mol. The molecule has 2 heterocycles. The maximum absolute atomic E-state index is 6.41. The van der Waals surface area contributed by atoms with E-state index in [1.165, 1.54) is 38.7 Å². The summed E-state index contributed by atoms with van der Waals surface area (Å²) in [4.78, 5) is 0. The van der Waals surface area contributed by atoms with Gasteiger partial charge in [0.2, 0.25) is 5.69 Å². The highest BCUT2D eigenvalue weighted by atomic mass is 16.3. The summed E-state index contributed by atoms with van der Waals surface area (Å²) in [5.74, 6) is 0.640. The second-order valence-corrected chi connectivity index (χ2v) is 7.82. The van der Waals surface area contributed by atoms with E-state index < -0.39 is 0 Å². The minimum absolute atomic E-state index is 0.640. The molecule has 0 N–H and O–H groups in total. The van der Waals surface area contributed by atoms with E-state index >= 15 is 0 Å². The van der Waals surface area contributed by atoms with Crippen LogP contribution in [0.25, 0.3) is 33.2 Å². The topological polar surface area (TPSA) is 17.0 Å². The minimum atomic E-state index is 0.640. The zero-order chi connectivity index (χ0) is 18.4. The van der Waals surface area contributed by atoms with E-state index in [1.54, 1.807) is 0 Å². The fraction of sp³-hybridized carbons (Fsp3) is 0.292. The highest BCUT2D eigenvalue weighted by Crippen LogP contribution is 2.38. The maximum Gasteiger partial charge on any atom is 0.216 e. The third-order valence-electron chi connectivity index (χ3n) is 5.19. The molecule has 0 unspecified atom stereocenters. The standard InChI is InChI=1S/C24H26NO/c1-15(2)13-18-11-12-25(5)21(14-18)22-16(3)9-10-20-19-8-6-7-17(4)23(19)26-24(20)22/h6-12,14-15H,13H2,1-5H3/q+1. The number of rotatable bonds is 3. The number of fused-ring (bicyclic) bond motifs is 3. The second-order valence-electron chi connectivity index (χ2n) is 7.82. The number of hydrogen-bond donors (Lipinski definition) is 0. The van der Waals surface area contributed by atoms with Crippen LogP contribution >= 0.6 is 0 Å². The Bertz CT molecular complexity index is 1120. The molecule has 2 aromatic heterocycles. The monoisotopic (exact) mass is 344 g/mol. The lowest BCUT2D eigenvalue weighted by atomic mass is 9.97. The van der Waals surface area contributed by atoms with Crippen molar-refractivity contribution in [2.75, 3.05) is 0 Å². The van der Waals surface area contributed by atoms with E-state index in [4.69, 9.17) is 4.42 Å². The molecule has 0 atom stereocenters. The molecule has 0 spiro atoms. The van der Waals surface area contributed by atoms with Crippen LogP contribution in [0.1, 0.15) is 30.5 Å². The van der Waals surface area contributed by atoms with Crippen LogP contribution in [-0.4, -0.2) is 0 Å². The smallest absolute Gasteiger partial charge is 0.216 e. The molecule has 0 fully saturated rings. The first kappa shape index (κ1) is 16.8. The van der Waals surface area contributed by atoms with Crippen LogP contribution < -0.4 is 4.57 Å². The Labute approximate surface area is 155 Å². The van der Waals surface area contributed by atoms with Gasteiger partial charge >= 0.3 is 0 Å². The van der Waals surface area contributed by atoms with E-state index in [0.717, 1.165) is 17.6 Å². The normalized spacial score (nSPS) is 11.8. The number of furan rings is 1. The summed E-state index contributed by atoms with van der Waals surface area (Å²) in [5, 5.41) is 2.39. The molecule has 0 radical (unpaired) electrons. The molecule has 0 aliphatic rings. The van der Waals surface area contributed by atoms with Gasteiger partial charge in [-0.25, -0.2) is 4.57 Å². The summed E-state index contributed by atoms with van der Waals surface area (Å²) < 4.78 is 8.61. The quantitative estimate of drug-likeness (QED) is 0.423. The molecular formula is C24H26NO+. The van der Waals surface area contributed by atoms with Gasteiger partial charge in [0.05, 0.1) is 5.56 Å². The lowest BCUT2D eigenvalue weighted by Crippen LogP contribution is -2.31. The highest BCUT2D eigenvalue weighted by molar-refractivity contribution is 6.10. The molecule has 26 heavy (non-hydrogen) atoms. The van der Waals surface area contributed by atoms with Crippen molar-refractivity contribution >= 4 is 21.9 Å². The molecular weight excluding hydrogens is 318 g/mol. The van der Waals surface area contributed by atoms with Crippen molar-refractivity contribution in [1.82, 2.24) is 0 Å². The van der Waals surface area contributed by atoms with Crippen LogP contribution in [0.4, 0.5) is 0 Å². The van der Waals surface area contributed by atoms with E-state index in [1.807, 2.05) is 0 Å². The lowest BCUT2D eigenvalue weighted by molar-refractivity contribution is -0.660. The van der Waals surface area contributed by atoms with Crippen LogP contribution in [0.3, 0.4) is 0 Å². The van der Waals surface area contributed by atoms with Gasteiger partial charge in [0.25, 0.3) is 0 Å². The Hall–Kier alpha value is -2.61. The summed E-state index contributed by atoms with van der Waals surface area (Å²) in [6.45, 7) is 8.81. The molecule has 0 aliphatic carbocycles. The molecule has 0 aliphatic heterocycles. The molecule has 0 bridgehead atoms. The molecule has 0 saturated heterocycles. The summed E-state index contributed by atoms with van der Waals surface area (Å²) in [6, 6.07) is 15.3. The summed E-state index contributed by atoms with van der Waals surface area (Å²) in [6.07, 6.45) is 3.25. The van der Waals surface area contributed by atoms with Crippen molar-refractivity contribution in [3.05, 3.63) is 65.4 Å². The average Bonchev–Trinajstić information content (AvgIpc) is 2.96. The zero-order valence-electron chi connectivity index (χ0n) is 16.3. The highest BCUT2D eigenvalue weighted by Gasteiger charge is 2.21. The first-order chi connectivity index (χ1) is 12.5. The van der Waals surface area contributed by atoms with Crippen molar-refractivity contribution in [2.24, 2.45) is 13.0 Å². The van der Waals surface area contributed by atoms with Crippen molar-refractivity contribution in [3.63, 3.8) is 0 Å². The molecule has 2 heteroatoms. The summed E-state index contributed by atoms with van der Waals surface area (Å²) in [7, 11) is 2.11. The molecule has 2 aromatic carbocycles. The van der Waals surface area contributed by atoms with Crippen molar-refractivity contribution in [1.29, 1.82) is 0 Å². The van der Waals surface area contributed by atoms with Gasteiger partial charge in [-0.2, -0.15) is 0 Å². The second kappa shape index (κ2) is 6.28. The number of hydrogen-bond acceptors (Lipinski definition) is 1. The van der Waals surface area contributed by atoms with Gasteiger partial charge in [0.15, 0.2) is 6.20 Å². The zero-order valence-corrected chi connectivity index (χ0v) is 16.3. The van der Waals surface area contributed by atoms with Gasteiger partial charge in [-0.15, -0.1) is 0 Å². The number of nitrogens with zero attached hydrogens (tertiary/aromatic N) is 1. The fourth-order valence-electron chi connectivity index (χ4n) is 3.88. The van der Waals surface area contributed by atoms with Gasteiger partial charge in [-0.1, -0.05) is 44.2 Å². The number of pyridine rings is 1. The van der Waals surface area contributed by atoms with E-state index in [-0.39, 0.29) is 0 Å². The fourth-order valence-corrected chi connectivity index (χ4v) is 3.88. The SMILES string of the molecule is Cc1ccc2c(oc3c(C)cccc32)c1-c1cc(CC(C)C)cc[n+]1C. The molecule has 0 amide bonds. The van der Waals surface area contributed by atoms with E-state index in [2.05, 4.69) is 88.0 Å². The van der Waals surface area contributed by atoms with Gasteiger partial charge in [-0.05, 0) is 42.9 Å². The predicted octanol–water partition coefficient (Wildman–Crippen LogP) is 5.89. The van der Waals surface area contributed by atoms with Crippen LogP contribution in [0, 0.1) is 19.8 Å². The maximum atomic E-state index is 6.41. The van der Waals surface area contributed by atoms with Crippen molar-refractivity contribution < 1.29 is 8.98 Å². The Kier molecular flexibility index (Phi) is 4.07. The Morgan fingerprint density at radius 1 is 0.923 bits per heavy atom. The Morgan fingerprint density at radius 2 is 1.69 bits per heavy atom. The van der Waals surface area contributed by atoms with Gasteiger partial charge < -0.3 is 4.42 Å². The third kappa shape index (κ3) is 2.70. The molecule has 0 saturated carbocycles. The lowest BCUT2D eigenvalue weighted by Gasteiger charge is -2.09. The molecule has 4 rings (SSSR count). The van der Waals surface area contributed by atoms with E-state index in [9.17, 15) is 0 Å². The van der Waals surface area contributed by atoms with Gasteiger partial charge in [0.1, 0.15) is 18.2 Å². The number of aryl methyl sites for hydroxylation is 3. The Morgan fingerprint density at radius 3 is 2.46 bits per heavy atom. The van der Waals surface area contributed by atoms with Crippen LogP contribution in [0.5, 0.6) is 0 Å². The van der Waals surface area contributed by atoms with E-state index in [0.29, 0.717) is 5.92 Å². The summed E-state index contributed by atoms with van der Waals surface area (Å²) >= 11 is 0.